The number of aromatic hydroxyl groups is 1. The molecular weight excluding hydrogens is 358 g/mol. The summed E-state index contributed by atoms with van der Waals surface area (Å²) in [4.78, 5) is 25.4. The fraction of sp³-hybridized carbons (Fsp3) is 0.455. The zero-order valence-electron chi connectivity index (χ0n) is 17.0. The molecule has 28 heavy (non-hydrogen) atoms. The summed E-state index contributed by atoms with van der Waals surface area (Å²) in [6, 6.07) is 1.01. The highest BCUT2D eigenvalue weighted by atomic mass is 16.5. The predicted molar refractivity (Wildman–Crippen MR) is 109 cm³/mol. The van der Waals surface area contributed by atoms with E-state index in [0.29, 0.717) is 23.1 Å². The molecule has 3 rings (SSSR count). The molecule has 0 bridgehead atoms. The van der Waals surface area contributed by atoms with Gasteiger partial charge in [-0.25, -0.2) is 4.79 Å². The van der Waals surface area contributed by atoms with E-state index in [1.807, 2.05) is 26.8 Å². The van der Waals surface area contributed by atoms with Crippen molar-refractivity contribution in [2.24, 2.45) is 11.7 Å². The van der Waals surface area contributed by atoms with E-state index >= 15 is 0 Å². The number of benzene rings is 1. The molecule has 0 spiro atoms. The van der Waals surface area contributed by atoms with Crippen LogP contribution in [0.1, 0.15) is 62.5 Å². The minimum atomic E-state index is -0.601. The third kappa shape index (κ3) is 3.33. The number of aryl methyl sites for hydroxylation is 1. The number of fused-ring (bicyclic) bond motifs is 3. The second kappa shape index (κ2) is 7.09. The minimum Gasteiger partial charge on any atom is -0.506 e. The average Bonchev–Trinajstić information content (AvgIpc) is 2.59. The third-order valence-corrected chi connectivity index (χ3v) is 5.22. The second-order valence-corrected chi connectivity index (χ2v) is 8.06. The highest BCUT2D eigenvalue weighted by Crippen LogP contribution is 2.46. The lowest BCUT2D eigenvalue weighted by Gasteiger charge is -2.30. The van der Waals surface area contributed by atoms with Gasteiger partial charge in [0, 0.05) is 18.0 Å². The monoisotopic (exact) mass is 385 g/mol. The van der Waals surface area contributed by atoms with E-state index in [9.17, 15) is 14.7 Å². The van der Waals surface area contributed by atoms with Gasteiger partial charge in [-0.2, -0.15) is 0 Å². The normalized spacial score (nSPS) is 17.1. The first-order chi connectivity index (χ1) is 13.1. The summed E-state index contributed by atoms with van der Waals surface area (Å²) in [5, 5.41) is 11.5. The molecule has 0 saturated heterocycles. The Morgan fingerprint density at radius 2 is 2.00 bits per heavy atom. The smallest absolute Gasteiger partial charge is 0.336 e. The highest BCUT2D eigenvalue weighted by molar-refractivity contribution is 6.13. The van der Waals surface area contributed by atoms with Crippen molar-refractivity contribution in [3.8, 4) is 11.5 Å². The molecule has 3 N–H and O–H groups in total. The lowest BCUT2D eigenvalue weighted by Crippen LogP contribution is -2.31. The standard InChI is InChI=1S/C22H27NO5/c1-6-7-13-10-15(24)27-21-16(13)20-14(8-9-22(4,5)28-20)19(26)17(21)18(25)11(2)12(3)23/h8-12,26H,6-7,23H2,1-5H3/t11-,12-/m0/s1. The number of carbonyl (C=O) groups excluding carboxylic acids is 1. The molecule has 0 saturated carbocycles. The van der Waals surface area contributed by atoms with Crippen LogP contribution in [0, 0.1) is 5.92 Å². The quantitative estimate of drug-likeness (QED) is 0.599. The van der Waals surface area contributed by atoms with E-state index in [1.54, 1.807) is 19.9 Å². The van der Waals surface area contributed by atoms with Crippen LogP contribution in [0.3, 0.4) is 0 Å². The summed E-state index contributed by atoms with van der Waals surface area (Å²) in [5.41, 5.74) is 5.95. The van der Waals surface area contributed by atoms with Crippen LogP contribution in [-0.4, -0.2) is 22.5 Å². The number of rotatable bonds is 5. The molecule has 1 aliphatic rings. The van der Waals surface area contributed by atoms with Crippen molar-refractivity contribution in [1.29, 1.82) is 0 Å². The molecule has 0 amide bonds. The van der Waals surface area contributed by atoms with E-state index < -0.39 is 23.2 Å². The van der Waals surface area contributed by atoms with Gasteiger partial charge in [0.1, 0.15) is 22.7 Å². The van der Waals surface area contributed by atoms with Crippen molar-refractivity contribution < 1.29 is 19.1 Å². The average molecular weight is 385 g/mol. The van der Waals surface area contributed by atoms with E-state index in [0.717, 1.165) is 12.0 Å². The Bertz CT molecular complexity index is 1030. The Morgan fingerprint density at radius 3 is 2.61 bits per heavy atom. The van der Waals surface area contributed by atoms with Crippen LogP contribution in [0.5, 0.6) is 11.5 Å². The third-order valence-electron chi connectivity index (χ3n) is 5.22. The molecule has 2 heterocycles. The van der Waals surface area contributed by atoms with Crippen LogP contribution in [0.25, 0.3) is 17.0 Å². The van der Waals surface area contributed by atoms with Crippen LogP contribution in [-0.2, 0) is 6.42 Å². The molecule has 0 radical (unpaired) electrons. The number of phenolic OH excluding ortho intramolecular Hbond substituents is 1. The lowest BCUT2D eigenvalue weighted by molar-refractivity contribution is 0.0915. The first kappa shape index (κ1) is 20.1. The van der Waals surface area contributed by atoms with Gasteiger partial charge in [0.2, 0.25) is 0 Å². The summed E-state index contributed by atoms with van der Waals surface area (Å²) in [7, 11) is 0. The zero-order chi connectivity index (χ0) is 20.8. The summed E-state index contributed by atoms with van der Waals surface area (Å²) in [6.45, 7) is 9.21. The van der Waals surface area contributed by atoms with E-state index in [4.69, 9.17) is 14.9 Å². The number of hydrogen-bond donors (Lipinski definition) is 2. The summed E-state index contributed by atoms with van der Waals surface area (Å²) in [5.74, 6) is -0.742. The molecule has 0 fully saturated rings. The van der Waals surface area contributed by atoms with Crippen LogP contribution in [0.4, 0.5) is 0 Å². The Kier molecular flexibility index (Phi) is 5.10. The van der Waals surface area contributed by atoms with Crippen molar-refractivity contribution in [1.82, 2.24) is 0 Å². The SMILES string of the molecule is CCCc1cc(=O)oc2c(C(=O)[C@@H](C)[C@H](C)N)c(O)c3c(c12)OC(C)(C)C=C3. The zero-order valence-corrected chi connectivity index (χ0v) is 17.0. The summed E-state index contributed by atoms with van der Waals surface area (Å²) >= 11 is 0. The number of ether oxygens (including phenoxy) is 1. The van der Waals surface area contributed by atoms with E-state index in [1.165, 1.54) is 6.07 Å². The van der Waals surface area contributed by atoms with E-state index in [2.05, 4.69) is 0 Å². The Balaban J connectivity index is 2.47. The van der Waals surface area contributed by atoms with Gasteiger partial charge >= 0.3 is 5.63 Å². The molecule has 1 aromatic carbocycles. The van der Waals surface area contributed by atoms with Gasteiger partial charge in [-0.05, 0) is 44.9 Å². The number of nitrogens with two attached hydrogens (primary N) is 1. The van der Waals surface area contributed by atoms with Gasteiger partial charge in [-0.3, -0.25) is 4.79 Å². The van der Waals surface area contributed by atoms with Crippen LogP contribution >= 0.6 is 0 Å². The van der Waals surface area contributed by atoms with Crippen LogP contribution in [0.15, 0.2) is 21.4 Å². The van der Waals surface area contributed by atoms with E-state index in [-0.39, 0.29) is 22.7 Å². The topological polar surface area (TPSA) is 103 Å². The summed E-state index contributed by atoms with van der Waals surface area (Å²) < 4.78 is 11.6. The maximum absolute atomic E-state index is 13.1. The van der Waals surface area contributed by atoms with Crippen molar-refractivity contribution in [3.05, 3.63) is 39.3 Å². The molecule has 6 nitrogen and oxygen atoms in total. The fourth-order valence-corrected chi connectivity index (χ4v) is 3.45. The number of phenols is 1. The maximum Gasteiger partial charge on any atom is 0.336 e. The molecule has 150 valence electrons. The Hall–Kier alpha value is -2.60. The number of hydrogen-bond acceptors (Lipinski definition) is 6. The molecule has 0 aliphatic carbocycles. The van der Waals surface area contributed by atoms with Gasteiger partial charge in [-0.1, -0.05) is 20.3 Å². The van der Waals surface area contributed by atoms with Crippen molar-refractivity contribution in [2.75, 3.05) is 0 Å². The molecular formula is C22H27NO5. The molecule has 0 unspecified atom stereocenters. The number of ketones is 1. The number of carbonyl (C=O) groups is 1. The first-order valence-corrected chi connectivity index (χ1v) is 9.61. The Morgan fingerprint density at radius 1 is 1.32 bits per heavy atom. The predicted octanol–water partition coefficient (Wildman–Crippen LogP) is 3.80. The summed E-state index contributed by atoms with van der Waals surface area (Å²) in [6.07, 6.45) is 4.99. The molecule has 2 atom stereocenters. The van der Waals surface area contributed by atoms with Crippen molar-refractivity contribution >= 4 is 22.8 Å². The van der Waals surface area contributed by atoms with Gasteiger partial charge in [0.15, 0.2) is 11.4 Å². The van der Waals surface area contributed by atoms with Crippen LogP contribution < -0.4 is 16.1 Å². The second-order valence-electron chi connectivity index (χ2n) is 8.06. The van der Waals surface area contributed by atoms with Crippen molar-refractivity contribution in [2.45, 2.75) is 59.1 Å². The number of Topliss-reactive ketones (excluding diaryl/α,β-unsaturated/α-hetero) is 1. The van der Waals surface area contributed by atoms with Crippen molar-refractivity contribution in [3.63, 3.8) is 0 Å². The van der Waals surface area contributed by atoms with Gasteiger partial charge < -0.3 is 20.0 Å². The molecule has 2 aromatic rings. The lowest BCUT2D eigenvalue weighted by atomic mass is 9.88. The van der Waals surface area contributed by atoms with Gasteiger partial charge in [0.25, 0.3) is 0 Å². The highest BCUT2D eigenvalue weighted by Gasteiger charge is 2.34. The maximum atomic E-state index is 13.1. The minimum absolute atomic E-state index is 0.0124. The molecule has 1 aliphatic heterocycles. The Labute approximate surface area is 164 Å². The molecule has 6 heteroatoms. The first-order valence-electron chi connectivity index (χ1n) is 9.61. The fourth-order valence-electron chi connectivity index (χ4n) is 3.45. The van der Waals surface area contributed by atoms with Crippen LogP contribution in [0.2, 0.25) is 0 Å². The largest absolute Gasteiger partial charge is 0.506 e. The van der Waals surface area contributed by atoms with Gasteiger partial charge in [-0.15, -0.1) is 0 Å². The van der Waals surface area contributed by atoms with Gasteiger partial charge in [0.05, 0.1) is 10.9 Å². The molecule has 1 aromatic heterocycles.